The van der Waals surface area contributed by atoms with Gasteiger partial charge in [0.2, 0.25) is 0 Å². The van der Waals surface area contributed by atoms with Crippen LogP contribution in [0.2, 0.25) is 0 Å². The van der Waals surface area contributed by atoms with E-state index >= 15 is 0 Å². The van der Waals surface area contributed by atoms with Crippen molar-refractivity contribution in [3.8, 4) is 6.07 Å². The topological polar surface area (TPSA) is 27.0 Å². The Morgan fingerprint density at radius 2 is 1.53 bits per heavy atom. The van der Waals surface area contributed by atoms with Crippen LogP contribution in [0.1, 0.15) is 60.8 Å². The van der Waals surface area contributed by atoms with Crippen molar-refractivity contribution < 1.29 is 26.3 Å². The Bertz CT molecular complexity index is 987. The molecule has 0 amide bonds. The van der Waals surface area contributed by atoms with Gasteiger partial charge in [0.15, 0.2) is 0 Å². The molecular formula is C26H28F6N2. The number of benzene rings is 2. The second kappa shape index (κ2) is 10.4. The molecule has 34 heavy (non-hydrogen) atoms. The molecule has 2 aromatic carbocycles. The van der Waals surface area contributed by atoms with Crippen molar-refractivity contribution in [3.05, 3.63) is 70.8 Å². The summed E-state index contributed by atoms with van der Waals surface area (Å²) < 4.78 is 80.7. The summed E-state index contributed by atoms with van der Waals surface area (Å²) in [6.45, 7) is 1.29. The molecule has 2 nitrogen and oxygen atoms in total. The SMILES string of the molecule is CN(CCCC(C#N)(c1ccc(C(F)(F)F)c(C(F)(F)F)c1)C1CCCC1)Cc1ccccc1. The van der Waals surface area contributed by atoms with Gasteiger partial charge in [-0.1, -0.05) is 49.2 Å². The molecule has 1 aliphatic rings. The minimum atomic E-state index is -5.17. The van der Waals surface area contributed by atoms with E-state index in [1.54, 1.807) is 0 Å². The molecule has 0 heterocycles. The highest BCUT2D eigenvalue weighted by Gasteiger charge is 2.47. The smallest absolute Gasteiger partial charge is 0.302 e. The van der Waals surface area contributed by atoms with Gasteiger partial charge in [0.1, 0.15) is 0 Å². The summed E-state index contributed by atoms with van der Waals surface area (Å²) in [5.41, 5.74) is -3.55. The first-order valence-corrected chi connectivity index (χ1v) is 11.4. The maximum Gasteiger partial charge on any atom is 0.417 e. The van der Waals surface area contributed by atoms with E-state index in [1.807, 2.05) is 37.4 Å². The summed E-state index contributed by atoms with van der Waals surface area (Å²) >= 11 is 0. The van der Waals surface area contributed by atoms with Gasteiger partial charge in [-0.25, -0.2) is 0 Å². The molecule has 1 atom stereocenters. The average Bonchev–Trinajstić information content (AvgIpc) is 3.31. The van der Waals surface area contributed by atoms with Crippen LogP contribution < -0.4 is 0 Å². The number of rotatable bonds is 8. The van der Waals surface area contributed by atoms with Gasteiger partial charge in [-0.3, -0.25) is 0 Å². The van der Waals surface area contributed by atoms with Crippen LogP contribution in [0.5, 0.6) is 0 Å². The van der Waals surface area contributed by atoms with Crippen molar-refractivity contribution in [1.29, 1.82) is 5.26 Å². The minimum absolute atomic E-state index is 0.0351. The highest BCUT2D eigenvalue weighted by molar-refractivity contribution is 5.43. The molecule has 0 aliphatic heterocycles. The molecule has 2 aromatic rings. The van der Waals surface area contributed by atoms with Crippen LogP contribution >= 0.6 is 0 Å². The van der Waals surface area contributed by atoms with Crippen molar-refractivity contribution in [2.24, 2.45) is 5.92 Å². The molecule has 0 N–H and O–H groups in total. The van der Waals surface area contributed by atoms with Crippen molar-refractivity contribution in [3.63, 3.8) is 0 Å². The third-order valence-corrected chi connectivity index (χ3v) is 6.80. The predicted octanol–water partition coefficient (Wildman–Crippen LogP) is 7.59. The third-order valence-electron chi connectivity index (χ3n) is 6.80. The fourth-order valence-corrected chi connectivity index (χ4v) is 5.12. The average molecular weight is 483 g/mol. The lowest BCUT2D eigenvalue weighted by atomic mass is 9.67. The molecule has 1 aliphatic carbocycles. The second-order valence-electron chi connectivity index (χ2n) is 9.15. The molecule has 3 rings (SSSR count). The van der Waals surface area contributed by atoms with Gasteiger partial charge < -0.3 is 4.90 Å². The van der Waals surface area contributed by atoms with Crippen molar-refractivity contribution >= 4 is 0 Å². The predicted molar refractivity (Wildman–Crippen MR) is 118 cm³/mol. The van der Waals surface area contributed by atoms with Gasteiger partial charge in [0.25, 0.3) is 0 Å². The zero-order chi connectivity index (χ0) is 25.0. The Balaban J connectivity index is 1.89. The number of nitrogens with zero attached hydrogens (tertiary/aromatic N) is 2. The molecule has 0 saturated heterocycles. The van der Waals surface area contributed by atoms with Gasteiger partial charge >= 0.3 is 12.4 Å². The normalized spacial score (nSPS) is 17.0. The van der Waals surface area contributed by atoms with Crippen molar-refractivity contribution in [2.75, 3.05) is 13.6 Å². The molecule has 0 spiro atoms. The third kappa shape index (κ3) is 5.93. The summed E-state index contributed by atoms with van der Waals surface area (Å²) in [6.07, 6.45) is -6.42. The van der Waals surface area contributed by atoms with Crippen molar-refractivity contribution in [2.45, 2.75) is 62.8 Å². The summed E-state index contributed by atoms with van der Waals surface area (Å²) in [5, 5.41) is 10.2. The van der Waals surface area contributed by atoms with E-state index in [1.165, 1.54) is 0 Å². The second-order valence-corrected chi connectivity index (χ2v) is 9.15. The Morgan fingerprint density at radius 1 is 0.912 bits per heavy atom. The van der Waals surface area contributed by atoms with E-state index < -0.39 is 28.9 Å². The standard InChI is InChI=1S/C26H28F6N2/c1-34(17-19-8-3-2-4-9-19)15-7-14-24(18-33,20-10-5-6-11-20)21-12-13-22(25(27,28)29)23(16-21)26(30,31)32/h2-4,8-9,12-13,16,20H,5-7,10-11,14-15,17H2,1H3. The molecule has 0 aromatic heterocycles. The summed E-state index contributed by atoms with van der Waals surface area (Å²) in [6, 6.07) is 14.2. The molecule has 0 radical (unpaired) electrons. The zero-order valence-corrected chi connectivity index (χ0v) is 19.0. The number of hydrogen-bond donors (Lipinski definition) is 0. The largest absolute Gasteiger partial charge is 0.417 e. The van der Waals surface area contributed by atoms with E-state index in [4.69, 9.17) is 0 Å². The van der Waals surface area contributed by atoms with Gasteiger partial charge in [-0.05, 0) is 68.5 Å². The van der Waals surface area contributed by atoms with Crippen LogP contribution in [0.3, 0.4) is 0 Å². The van der Waals surface area contributed by atoms with Gasteiger partial charge in [-0.2, -0.15) is 31.6 Å². The van der Waals surface area contributed by atoms with E-state index in [-0.39, 0.29) is 17.9 Å². The van der Waals surface area contributed by atoms with Gasteiger partial charge in [0.05, 0.1) is 22.6 Å². The first kappa shape index (κ1) is 26.1. The maximum atomic E-state index is 13.6. The maximum absolute atomic E-state index is 13.6. The summed E-state index contributed by atoms with van der Waals surface area (Å²) in [4.78, 5) is 2.07. The fraction of sp³-hybridized carbons (Fsp3) is 0.500. The van der Waals surface area contributed by atoms with Gasteiger partial charge in [-0.15, -0.1) is 0 Å². The molecule has 8 heteroatoms. The van der Waals surface area contributed by atoms with Crippen molar-refractivity contribution in [1.82, 2.24) is 4.90 Å². The highest BCUT2D eigenvalue weighted by Crippen LogP contribution is 2.48. The molecule has 1 saturated carbocycles. The minimum Gasteiger partial charge on any atom is -0.302 e. The summed E-state index contributed by atoms with van der Waals surface area (Å²) in [5.74, 6) is -0.185. The van der Waals surface area contributed by atoms with Gasteiger partial charge in [0, 0.05) is 6.54 Å². The van der Waals surface area contributed by atoms with Crippen LogP contribution in [0.25, 0.3) is 0 Å². The zero-order valence-electron chi connectivity index (χ0n) is 19.0. The number of nitriles is 1. The molecule has 0 bridgehead atoms. The Kier molecular flexibility index (Phi) is 7.97. The molecule has 1 fully saturated rings. The number of alkyl halides is 6. The van der Waals surface area contributed by atoms with Crippen LogP contribution in [0.15, 0.2) is 48.5 Å². The number of hydrogen-bond acceptors (Lipinski definition) is 2. The molecule has 184 valence electrons. The summed E-state index contributed by atoms with van der Waals surface area (Å²) in [7, 11) is 1.93. The van der Waals surface area contributed by atoms with E-state index in [0.717, 1.165) is 24.5 Å². The first-order chi connectivity index (χ1) is 16.0. The van der Waals surface area contributed by atoms with Crippen LogP contribution in [-0.2, 0) is 24.3 Å². The van der Waals surface area contributed by atoms with E-state index in [2.05, 4.69) is 11.0 Å². The lowest BCUT2D eigenvalue weighted by molar-refractivity contribution is -0.162. The monoisotopic (exact) mass is 482 g/mol. The highest BCUT2D eigenvalue weighted by atomic mass is 19.4. The fourth-order valence-electron chi connectivity index (χ4n) is 5.12. The Hall–Kier alpha value is -2.53. The first-order valence-electron chi connectivity index (χ1n) is 11.4. The Labute approximate surface area is 196 Å². The lowest BCUT2D eigenvalue weighted by Gasteiger charge is -2.35. The lowest BCUT2D eigenvalue weighted by Crippen LogP contribution is -2.34. The quantitative estimate of drug-likeness (QED) is 0.363. The molecule has 1 unspecified atom stereocenters. The van der Waals surface area contributed by atoms with E-state index in [0.29, 0.717) is 44.5 Å². The number of halogens is 6. The molecular weight excluding hydrogens is 454 g/mol. The van der Waals surface area contributed by atoms with Crippen LogP contribution in [0.4, 0.5) is 26.3 Å². The van der Waals surface area contributed by atoms with Crippen LogP contribution in [-0.4, -0.2) is 18.5 Å². The van der Waals surface area contributed by atoms with Crippen LogP contribution in [0, 0.1) is 17.2 Å². The van der Waals surface area contributed by atoms with E-state index in [9.17, 15) is 31.6 Å². The Morgan fingerprint density at radius 3 is 2.09 bits per heavy atom.